The van der Waals surface area contributed by atoms with Crippen molar-refractivity contribution in [3.05, 3.63) is 111 Å². The zero-order valence-electron chi connectivity index (χ0n) is 18.8. The number of aromatic nitrogens is 2. The molecule has 174 valence electrons. The van der Waals surface area contributed by atoms with Crippen LogP contribution in [0.15, 0.2) is 83.0 Å². The summed E-state index contributed by atoms with van der Waals surface area (Å²) in [6.45, 7) is 0.335. The van der Waals surface area contributed by atoms with Gasteiger partial charge in [0, 0.05) is 21.5 Å². The van der Waals surface area contributed by atoms with Crippen LogP contribution in [0.3, 0.4) is 0 Å². The minimum atomic E-state index is -0.157. The number of aromatic amines is 1. The molecule has 5 nitrogen and oxygen atoms in total. The number of nitrogens with one attached hydrogen (secondary N) is 1. The maximum absolute atomic E-state index is 12.9. The number of halogens is 1. The van der Waals surface area contributed by atoms with Crippen LogP contribution >= 0.6 is 22.9 Å². The van der Waals surface area contributed by atoms with Crippen molar-refractivity contribution in [2.45, 2.75) is 6.61 Å². The number of hydrogen-bond acceptors (Lipinski definition) is 5. The molecule has 0 saturated carbocycles. The van der Waals surface area contributed by atoms with Gasteiger partial charge in [-0.25, -0.2) is 4.98 Å². The highest BCUT2D eigenvalue weighted by molar-refractivity contribution is 7.17. The summed E-state index contributed by atoms with van der Waals surface area (Å²) >= 11 is 7.68. The number of rotatable bonds is 7. The Kier molecular flexibility index (Phi) is 6.66. The average molecular weight is 501 g/mol. The first-order valence-electron chi connectivity index (χ1n) is 10.9. The molecule has 0 aliphatic carbocycles. The smallest absolute Gasteiger partial charge is 0.260 e. The van der Waals surface area contributed by atoms with E-state index in [1.807, 2.05) is 84.3 Å². The van der Waals surface area contributed by atoms with E-state index in [2.05, 4.69) is 9.97 Å². The lowest BCUT2D eigenvalue weighted by molar-refractivity contribution is 0.284. The number of nitrogens with zero attached hydrogens (tertiary/aromatic N) is 1. The van der Waals surface area contributed by atoms with Crippen molar-refractivity contribution in [1.29, 1.82) is 0 Å². The molecule has 2 aromatic heterocycles. The zero-order chi connectivity index (χ0) is 24.2. The third-order valence-electron chi connectivity index (χ3n) is 5.51. The van der Waals surface area contributed by atoms with E-state index in [4.69, 9.17) is 21.1 Å². The van der Waals surface area contributed by atoms with E-state index >= 15 is 0 Å². The lowest BCUT2D eigenvalue weighted by Gasteiger charge is -2.12. The van der Waals surface area contributed by atoms with Gasteiger partial charge in [0.05, 0.1) is 12.5 Å². The molecule has 7 heteroatoms. The molecule has 5 rings (SSSR count). The molecular weight excluding hydrogens is 480 g/mol. The van der Waals surface area contributed by atoms with E-state index in [9.17, 15) is 4.79 Å². The van der Waals surface area contributed by atoms with Crippen molar-refractivity contribution < 1.29 is 9.47 Å². The fourth-order valence-electron chi connectivity index (χ4n) is 3.73. The van der Waals surface area contributed by atoms with Gasteiger partial charge in [-0.2, -0.15) is 0 Å². The van der Waals surface area contributed by atoms with Gasteiger partial charge < -0.3 is 14.5 Å². The van der Waals surface area contributed by atoms with E-state index in [1.165, 1.54) is 11.3 Å². The normalized spacial score (nSPS) is 11.3. The Morgan fingerprint density at radius 2 is 1.80 bits per heavy atom. The predicted octanol–water partition coefficient (Wildman–Crippen LogP) is 7.06. The van der Waals surface area contributed by atoms with Crippen LogP contribution in [-0.4, -0.2) is 17.1 Å². The van der Waals surface area contributed by atoms with Crippen LogP contribution in [0.2, 0.25) is 5.02 Å². The second kappa shape index (κ2) is 10.2. The van der Waals surface area contributed by atoms with Crippen molar-refractivity contribution in [1.82, 2.24) is 9.97 Å². The number of ether oxygens (including phenoxy) is 2. The van der Waals surface area contributed by atoms with E-state index in [-0.39, 0.29) is 5.56 Å². The van der Waals surface area contributed by atoms with Crippen LogP contribution in [0, 0.1) is 0 Å². The molecular formula is C28H21ClN2O3S. The first-order valence-corrected chi connectivity index (χ1v) is 12.2. The van der Waals surface area contributed by atoms with Gasteiger partial charge in [0.25, 0.3) is 5.56 Å². The Balaban J connectivity index is 1.37. The maximum Gasteiger partial charge on any atom is 0.260 e. The minimum Gasteiger partial charge on any atom is -0.493 e. The Morgan fingerprint density at radius 3 is 2.60 bits per heavy atom. The number of thiophene rings is 1. The van der Waals surface area contributed by atoms with E-state index in [1.54, 1.807) is 13.2 Å². The molecule has 0 bridgehead atoms. The van der Waals surface area contributed by atoms with Crippen LogP contribution in [0.4, 0.5) is 0 Å². The Labute approximate surface area is 211 Å². The van der Waals surface area contributed by atoms with Crippen LogP contribution < -0.4 is 15.0 Å². The largest absolute Gasteiger partial charge is 0.493 e. The number of H-pyrrole nitrogens is 1. The van der Waals surface area contributed by atoms with Gasteiger partial charge >= 0.3 is 0 Å². The molecule has 0 spiro atoms. The number of hydrogen-bond donors (Lipinski definition) is 1. The molecule has 0 saturated heterocycles. The monoisotopic (exact) mass is 500 g/mol. The average Bonchev–Trinajstić information content (AvgIpc) is 3.32. The molecule has 0 fully saturated rings. The zero-order valence-corrected chi connectivity index (χ0v) is 20.4. The van der Waals surface area contributed by atoms with Gasteiger partial charge in [-0.1, -0.05) is 72.3 Å². The quantitative estimate of drug-likeness (QED) is 0.260. The van der Waals surface area contributed by atoms with Gasteiger partial charge in [0.15, 0.2) is 11.5 Å². The Bertz CT molecular complexity index is 1570. The summed E-state index contributed by atoms with van der Waals surface area (Å²) < 4.78 is 11.4. The van der Waals surface area contributed by atoms with Crippen LogP contribution in [0.25, 0.3) is 33.5 Å². The highest BCUT2D eigenvalue weighted by atomic mass is 35.5. The molecule has 0 aliphatic rings. The van der Waals surface area contributed by atoms with E-state index in [0.29, 0.717) is 39.2 Å². The minimum absolute atomic E-state index is 0.157. The highest BCUT2D eigenvalue weighted by Gasteiger charge is 2.12. The van der Waals surface area contributed by atoms with Gasteiger partial charge in [0.1, 0.15) is 17.3 Å². The molecule has 0 radical (unpaired) electrons. The second-order valence-electron chi connectivity index (χ2n) is 7.77. The molecule has 35 heavy (non-hydrogen) atoms. The van der Waals surface area contributed by atoms with E-state index < -0.39 is 0 Å². The third-order valence-corrected chi connectivity index (χ3v) is 6.75. The molecule has 5 aromatic rings. The lowest BCUT2D eigenvalue weighted by atomic mass is 10.1. The van der Waals surface area contributed by atoms with Gasteiger partial charge in [-0.3, -0.25) is 4.79 Å². The summed E-state index contributed by atoms with van der Waals surface area (Å²) in [5, 5.41) is 3.24. The van der Waals surface area contributed by atoms with Crippen molar-refractivity contribution in [3.63, 3.8) is 0 Å². The second-order valence-corrected chi connectivity index (χ2v) is 9.04. The van der Waals surface area contributed by atoms with Crippen molar-refractivity contribution in [3.8, 4) is 22.6 Å². The number of methoxy groups -OCH3 is 1. The van der Waals surface area contributed by atoms with E-state index in [0.717, 1.165) is 22.3 Å². The molecule has 0 unspecified atom stereocenters. The third kappa shape index (κ3) is 4.99. The fourth-order valence-corrected chi connectivity index (χ4v) is 4.87. The van der Waals surface area contributed by atoms with Gasteiger partial charge in [-0.15, -0.1) is 11.3 Å². The van der Waals surface area contributed by atoms with Gasteiger partial charge in [0.2, 0.25) is 0 Å². The number of benzene rings is 3. The standard InChI is InChI=1S/C28H21ClN2O3S/c1-33-24-15-18(11-13-23(24)34-16-20-9-5-6-10-22(20)29)12-14-25-30-27(32)26-21(17-35-28(26)31-25)19-7-3-2-4-8-19/h2-15,17H,16H2,1H3,(H,30,31,32). The summed E-state index contributed by atoms with van der Waals surface area (Å²) in [4.78, 5) is 21.1. The fraction of sp³-hybridized carbons (Fsp3) is 0.0714. The Morgan fingerprint density at radius 1 is 1.00 bits per heavy atom. The molecule has 3 aromatic carbocycles. The van der Waals surface area contributed by atoms with Gasteiger partial charge in [-0.05, 0) is 35.4 Å². The molecule has 1 N–H and O–H groups in total. The van der Waals surface area contributed by atoms with Crippen molar-refractivity contribution in [2.75, 3.05) is 7.11 Å². The van der Waals surface area contributed by atoms with Crippen LogP contribution in [0.5, 0.6) is 11.5 Å². The predicted molar refractivity (Wildman–Crippen MR) is 143 cm³/mol. The summed E-state index contributed by atoms with van der Waals surface area (Å²) in [6, 6.07) is 23.0. The molecule has 0 amide bonds. The molecule has 0 aliphatic heterocycles. The molecule has 2 heterocycles. The van der Waals surface area contributed by atoms with Crippen molar-refractivity contribution >= 4 is 45.3 Å². The Hall–Kier alpha value is -3.87. The first-order chi connectivity index (χ1) is 17.1. The summed E-state index contributed by atoms with van der Waals surface area (Å²) in [5.74, 6) is 1.70. The first kappa shape index (κ1) is 22.9. The summed E-state index contributed by atoms with van der Waals surface area (Å²) in [6.07, 6.45) is 3.65. The SMILES string of the molecule is COc1cc(C=Cc2nc3scc(-c4ccccc4)c3c(=O)[nH]2)ccc1OCc1ccccc1Cl. The van der Waals surface area contributed by atoms with Crippen LogP contribution in [-0.2, 0) is 6.61 Å². The highest BCUT2D eigenvalue weighted by Crippen LogP contribution is 2.32. The molecule has 0 atom stereocenters. The van der Waals surface area contributed by atoms with Crippen LogP contribution in [0.1, 0.15) is 17.0 Å². The summed E-state index contributed by atoms with van der Waals surface area (Å²) in [7, 11) is 1.60. The lowest BCUT2D eigenvalue weighted by Crippen LogP contribution is -2.09. The van der Waals surface area contributed by atoms with Crippen molar-refractivity contribution in [2.24, 2.45) is 0 Å². The topological polar surface area (TPSA) is 64.2 Å². The maximum atomic E-state index is 12.9. The summed E-state index contributed by atoms with van der Waals surface area (Å²) in [5.41, 5.74) is 3.52. The number of fused-ring (bicyclic) bond motifs is 1.